The van der Waals surface area contributed by atoms with E-state index in [-0.39, 0.29) is 48.8 Å². The molecule has 1 aromatic heterocycles. The van der Waals surface area contributed by atoms with Crippen molar-refractivity contribution >= 4 is 23.5 Å². The number of carbonyl (C=O) groups excluding carboxylic acids is 2. The van der Waals surface area contributed by atoms with E-state index in [9.17, 15) is 27.2 Å². The van der Waals surface area contributed by atoms with Crippen molar-refractivity contribution < 1.29 is 31.9 Å². The third kappa shape index (κ3) is 4.51. The van der Waals surface area contributed by atoms with Gasteiger partial charge >= 0.3 is 12.4 Å². The molecule has 0 saturated heterocycles. The number of rotatable bonds is 4. The molecule has 172 valence electrons. The quantitative estimate of drug-likeness (QED) is 0.663. The number of hydrogen-bond donors (Lipinski definition) is 2. The highest BCUT2D eigenvalue weighted by molar-refractivity contribution is 6.31. The standard InChI is InChI=1S/C19H18ClF4N5O3/c20-12-5-9(1-2-13(12)21)16-15(17(25)30)14-8-28(3-4-29(14)27-16)18(31)26-10-6-11(7-10)32-19(22,23)24/h1-2,5,10-11H,3-4,6-8H2,(H2,25,30)(H,26,31)/t10-,11+. The number of nitrogens with two attached hydrogens (primary N) is 1. The smallest absolute Gasteiger partial charge is 0.365 e. The van der Waals surface area contributed by atoms with Crippen LogP contribution < -0.4 is 11.1 Å². The summed E-state index contributed by atoms with van der Waals surface area (Å²) in [7, 11) is 0. The first-order valence-electron chi connectivity index (χ1n) is 9.66. The van der Waals surface area contributed by atoms with Crippen LogP contribution in [-0.4, -0.2) is 51.7 Å². The molecule has 0 radical (unpaired) electrons. The van der Waals surface area contributed by atoms with Crippen molar-refractivity contribution in [3.63, 3.8) is 0 Å². The molecule has 0 unspecified atom stereocenters. The van der Waals surface area contributed by atoms with Crippen molar-refractivity contribution in [1.82, 2.24) is 20.0 Å². The van der Waals surface area contributed by atoms with Gasteiger partial charge in [0.1, 0.15) is 11.5 Å². The lowest BCUT2D eigenvalue weighted by Gasteiger charge is -2.37. The summed E-state index contributed by atoms with van der Waals surface area (Å²) in [5.41, 5.74) is 6.68. The third-order valence-electron chi connectivity index (χ3n) is 5.43. The number of hydrogen-bond acceptors (Lipinski definition) is 4. The van der Waals surface area contributed by atoms with E-state index in [2.05, 4.69) is 15.2 Å². The number of carbonyl (C=O) groups is 2. The maximum absolute atomic E-state index is 13.5. The maximum Gasteiger partial charge on any atom is 0.522 e. The monoisotopic (exact) mass is 475 g/mol. The molecule has 1 aromatic carbocycles. The number of primary amides is 1. The fourth-order valence-corrected chi connectivity index (χ4v) is 4.01. The second-order valence-corrected chi connectivity index (χ2v) is 8.02. The highest BCUT2D eigenvalue weighted by atomic mass is 35.5. The summed E-state index contributed by atoms with van der Waals surface area (Å²) in [6.07, 6.45) is -5.57. The van der Waals surface area contributed by atoms with Crippen molar-refractivity contribution in [2.75, 3.05) is 6.54 Å². The molecule has 0 spiro atoms. The van der Waals surface area contributed by atoms with Gasteiger partial charge in [-0.15, -0.1) is 13.2 Å². The van der Waals surface area contributed by atoms with Crippen LogP contribution in [0.15, 0.2) is 18.2 Å². The first kappa shape index (κ1) is 22.3. The summed E-state index contributed by atoms with van der Waals surface area (Å²) in [6, 6.07) is 2.99. The van der Waals surface area contributed by atoms with Crippen molar-refractivity contribution in [3.05, 3.63) is 40.3 Å². The minimum absolute atomic E-state index is 0.0151. The van der Waals surface area contributed by atoms with E-state index >= 15 is 0 Å². The Morgan fingerprint density at radius 1 is 1.25 bits per heavy atom. The van der Waals surface area contributed by atoms with Crippen molar-refractivity contribution in [3.8, 4) is 11.3 Å². The fraction of sp³-hybridized carbons (Fsp3) is 0.421. The summed E-state index contributed by atoms with van der Waals surface area (Å²) >= 11 is 5.84. The Kier molecular flexibility index (Phi) is 5.76. The topological polar surface area (TPSA) is 102 Å². The van der Waals surface area contributed by atoms with Crippen LogP contribution in [0.4, 0.5) is 22.4 Å². The zero-order valence-corrected chi connectivity index (χ0v) is 17.2. The number of amides is 3. The normalized spacial score (nSPS) is 20.5. The second kappa shape index (κ2) is 8.24. The number of aromatic nitrogens is 2. The van der Waals surface area contributed by atoms with Gasteiger partial charge in [0.25, 0.3) is 5.91 Å². The molecular weight excluding hydrogens is 458 g/mol. The molecule has 2 aliphatic rings. The molecular formula is C19H18ClF4N5O3. The predicted molar refractivity (Wildman–Crippen MR) is 104 cm³/mol. The summed E-state index contributed by atoms with van der Waals surface area (Å²) in [5, 5.41) is 6.92. The number of ether oxygens (including phenoxy) is 1. The molecule has 0 bridgehead atoms. The average Bonchev–Trinajstić information content (AvgIpc) is 3.06. The van der Waals surface area contributed by atoms with Gasteiger partial charge in [-0.05, 0) is 31.0 Å². The molecule has 2 aromatic rings. The van der Waals surface area contributed by atoms with Gasteiger partial charge in [0.15, 0.2) is 0 Å². The summed E-state index contributed by atoms with van der Waals surface area (Å²) in [6.45, 7) is 0.543. The zero-order valence-electron chi connectivity index (χ0n) is 16.5. The molecule has 3 amide bonds. The van der Waals surface area contributed by atoms with Gasteiger partial charge in [0.05, 0.1) is 35.5 Å². The van der Waals surface area contributed by atoms with Crippen molar-refractivity contribution in [2.24, 2.45) is 5.73 Å². The van der Waals surface area contributed by atoms with Crippen LogP contribution in [0, 0.1) is 5.82 Å². The largest absolute Gasteiger partial charge is 0.522 e. The molecule has 1 aliphatic heterocycles. The van der Waals surface area contributed by atoms with Gasteiger partial charge in [-0.1, -0.05) is 11.6 Å². The SMILES string of the molecule is NC(=O)c1c(-c2ccc(F)c(Cl)c2)nn2c1CN(C(=O)N[C@H]1C[C@@H](OC(F)(F)F)C1)CC2. The Morgan fingerprint density at radius 3 is 2.59 bits per heavy atom. The number of fused-ring (bicyclic) bond motifs is 1. The molecule has 1 aliphatic carbocycles. The number of nitrogens with one attached hydrogen (secondary N) is 1. The molecule has 1 fully saturated rings. The van der Waals surface area contributed by atoms with Crippen molar-refractivity contribution in [2.45, 2.75) is 44.4 Å². The van der Waals surface area contributed by atoms with Crippen LogP contribution in [0.1, 0.15) is 28.9 Å². The van der Waals surface area contributed by atoms with E-state index in [1.54, 1.807) is 4.68 Å². The Bertz CT molecular complexity index is 1070. The summed E-state index contributed by atoms with van der Waals surface area (Å²) < 4.78 is 55.7. The van der Waals surface area contributed by atoms with Crippen LogP contribution >= 0.6 is 11.6 Å². The fourth-order valence-electron chi connectivity index (χ4n) is 3.83. The molecule has 2 heterocycles. The first-order valence-corrected chi connectivity index (χ1v) is 10.0. The van der Waals surface area contributed by atoms with E-state index < -0.39 is 36.3 Å². The van der Waals surface area contributed by atoms with Crippen LogP contribution in [-0.2, 0) is 17.8 Å². The molecule has 8 nitrogen and oxygen atoms in total. The van der Waals surface area contributed by atoms with Crippen molar-refractivity contribution in [1.29, 1.82) is 0 Å². The van der Waals surface area contributed by atoms with E-state index in [4.69, 9.17) is 17.3 Å². The lowest BCUT2D eigenvalue weighted by molar-refractivity contribution is -0.351. The van der Waals surface area contributed by atoms with E-state index in [0.717, 1.165) is 6.07 Å². The Labute approximate surface area is 184 Å². The molecule has 3 N–H and O–H groups in total. The minimum atomic E-state index is -4.71. The Balaban J connectivity index is 1.47. The lowest BCUT2D eigenvalue weighted by atomic mass is 9.89. The third-order valence-corrected chi connectivity index (χ3v) is 5.72. The van der Waals surface area contributed by atoms with E-state index in [1.807, 2.05) is 0 Å². The minimum Gasteiger partial charge on any atom is -0.365 e. The van der Waals surface area contributed by atoms with Gasteiger partial charge in [-0.25, -0.2) is 9.18 Å². The molecule has 1 saturated carbocycles. The van der Waals surface area contributed by atoms with Gasteiger partial charge in [-0.2, -0.15) is 5.10 Å². The van der Waals surface area contributed by atoms with E-state index in [0.29, 0.717) is 11.3 Å². The van der Waals surface area contributed by atoms with E-state index in [1.165, 1.54) is 17.0 Å². The number of nitrogens with zero attached hydrogens (tertiary/aromatic N) is 3. The number of halogens is 5. The Morgan fingerprint density at radius 2 is 1.97 bits per heavy atom. The predicted octanol–water partition coefficient (Wildman–Crippen LogP) is 3.03. The second-order valence-electron chi connectivity index (χ2n) is 7.61. The van der Waals surface area contributed by atoms with Crippen LogP contribution in [0.2, 0.25) is 5.02 Å². The van der Waals surface area contributed by atoms with Gasteiger partial charge in [0.2, 0.25) is 0 Å². The highest BCUT2D eigenvalue weighted by Gasteiger charge is 2.41. The Hall–Kier alpha value is -2.86. The first-order chi connectivity index (χ1) is 15.0. The molecule has 0 atom stereocenters. The molecule has 13 heteroatoms. The summed E-state index contributed by atoms with van der Waals surface area (Å²) in [5.74, 6) is -1.39. The number of benzene rings is 1. The number of urea groups is 1. The number of alkyl halides is 3. The van der Waals surface area contributed by atoms with Gasteiger partial charge < -0.3 is 16.0 Å². The molecule has 32 heavy (non-hydrogen) atoms. The lowest BCUT2D eigenvalue weighted by Crippen LogP contribution is -2.54. The summed E-state index contributed by atoms with van der Waals surface area (Å²) in [4.78, 5) is 26.2. The zero-order chi connectivity index (χ0) is 23.2. The van der Waals surface area contributed by atoms with Crippen LogP contribution in [0.5, 0.6) is 0 Å². The average molecular weight is 476 g/mol. The van der Waals surface area contributed by atoms with Crippen LogP contribution in [0.3, 0.4) is 0 Å². The maximum atomic E-state index is 13.5. The van der Waals surface area contributed by atoms with Gasteiger partial charge in [0, 0.05) is 18.2 Å². The molecule has 4 rings (SSSR count). The highest BCUT2D eigenvalue weighted by Crippen LogP contribution is 2.32. The van der Waals surface area contributed by atoms with Crippen LogP contribution in [0.25, 0.3) is 11.3 Å². The van der Waals surface area contributed by atoms with Gasteiger partial charge in [-0.3, -0.25) is 14.2 Å².